The first kappa shape index (κ1) is 20.8. The van der Waals surface area contributed by atoms with Crippen LogP contribution >= 0.6 is 0 Å². The molecule has 1 aliphatic heterocycles. The first-order chi connectivity index (χ1) is 14.8. The third kappa shape index (κ3) is 4.23. The van der Waals surface area contributed by atoms with E-state index in [1.165, 1.54) is 12.1 Å². The van der Waals surface area contributed by atoms with Crippen molar-refractivity contribution in [2.24, 2.45) is 0 Å². The molecule has 0 saturated carbocycles. The largest absolute Gasteiger partial charge is 0.363 e. The van der Waals surface area contributed by atoms with Crippen LogP contribution in [0.4, 0.5) is 24.8 Å². The predicted molar refractivity (Wildman–Crippen MR) is 111 cm³/mol. The number of nitrogens with zero attached hydrogens (tertiary/aromatic N) is 4. The molecule has 7 nitrogen and oxygen atoms in total. The van der Waals surface area contributed by atoms with Crippen LogP contribution in [0.5, 0.6) is 0 Å². The summed E-state index contributed by atoms with van der Waals surface area (Å²) in [5, 5.41) is 6.53. The summed E-state index contributed by atoms with van der Waals surface area (Å²) < 4.78 is 40.8. The second kappa shape index (κ2) is 8.37. The molecule has 31 heavy (non-hydrogen) atoms. The molecule has 1 aliphatic rings. The summed E-state index contributed by atoms with van der Waals surface area (Å²) in [5.41, 5.74) is 0.0585. The van der Waals surface area contributed by atoms with Crippen molar-refractivity contribution in [3.8, 4) is 0 Å². The Labute approximate surface area is 176 Å². The number of aromatic nitrogens is 3. The molecule has 2 N–H and O–H groups in total. The molecule has 10 heteroatoms. The molecule has 0 spiro atoms. The minimum Gasteiger partial charge on any atom is -0.363 e. The lowest BCUT2D eigenvalue weighted by Crippen LogP contribution is -2.48. The fraction of sp³-hybridized carbons (Fsp3) is 0.333. The van der Waals surface area contributed by atoms with Crippen molar-refractivity contribution in [3.05, 3.63) is 53.2 Å². The number of rotatable bonds is 5. The normalized spacial score (nSPS) is 15.3. The lowest BCUT2D eigenvalue weighted by atomic mass is 10.0. The number of amides is 1. The molecule has 0 radical (unpaired) electrons. The van der Waals surface area contributed by atoms with Gasteiger partial charge < -0.3 is 15.5 Å². The van der Waals surface area contributed by atoms with Crippen molar-refractivity contribution in [1.82, 2.24) is 20.3 Å². The van der Waals surface area contributed by atoms with Gasteiger partial charge >= 0.3 is 0 Å². The summed E-state index contributed by atoms with van der Waals surface area (Å²) in [7, 11) is 0. The van der Waals surface area contributed by atoms with Gasteiger partial charge in [-0.2, -0.15) is 0 Å². The maximum Gasteiger partial charge on any atom is 0.266 e. The molecule has 3 aromatic rings. The predicted octanol–water partition coefficient (Wildman–Crippen LogP) is 3.52. The zero-order valence-corrected chi connectivity index (χ0v) is 17.0. The number of aryl methyl sites for hydroxylation is 1. The minimum atomic E-state index is -2.90. The van der Waals surface area contributed by atoms with Crippen molar-refractivity contribution >= 4 is 28.4 Å². The Morgan fingerprint density at radius 1 is 1.23 bits per heavy atom. The summed E-state index contributed by atoms with van der Waals surface area (Å²) in [6, 6.07) is 5.09. The smallest absolute Gasteiger partial charge is 0.266 e. The Morgan fingerprint density at radius 2 is 2.00 bits per heavy atom. The standard InChI is InChI=1S/C21H21F3N6O/c1-11(13-4-3-5-14(19(13)22)20(23)24)27-21-15-8-17(30-7-6-25-18(31)10-30)26-9-16(15)28-12(2)29-21/h3-5,8-9,11,20H,6-7,10H2,1-2H3,(H,25,31)(H,27,28,29)/t11-/m1/s1. The number of pyridine rings is 1. The van der Waals surface area contributed by atoms with Gasteiger partial charge in [0.25, 0.3) is 6.43 Å². The first-order valence-corrected chi connectivity index (χ1v) is 9.82. The van der Waals surface area contributed by atoms with E-state index in [-0.39, 0.29) is 18.0 Å². The number of hydrogen-bond donors (Lipinski definition) is 2. The van der Waals surface area contributed by atoms with Crippen LogP contribution in [0.15, 0.2) is 30.5 Å². The van der Waals surface area contributed by atoms with Crippen molar-refractivity contribution in [2.75, 3.05) is 29.9 Å². The van der Waals surface area contributed by atoms with Crippen LogP contribution in [0.1, 0.15) is 36.3 Å². The quantitative estimate of drug-likeness (QED) is 0.645. The number of piperazine rings is 1. The molecule has 1 amide bonds. The monoisotopic (exact) mass is 430 g/mol. The molecule has 1 atom stereocenters. The Balaban J connectivity index is 1.70. The van der Waals surface area contributed by atoms with E-state index in [9.17, 15) is 18.0 Å². The number of fused-ring (bicyclic) bond motifs is 1. The number of halogens is 3. The van der Waals surface area contributed by atoms with E-state index in [4.69, 9.17) is 0 Å². The summed E-state index contributed by atoms with van der Waals surface area (Å²) in [4.78, 5) is 26.8. The van der Waals surface area contributed by atoms with Crippen LogP contribution in [-0.4, -0.2) is 40.5 Å². The molecular weight excluding hydrogens is 409 g/mol. The molecule has 1 fully saturated rings. The Kier molecular flexibility index (Phi) is 5.62. The number of carbonyl (C=O) groups excluding carboxylic acids is 1. The molecule has 162 valence electrons. The van der Waals surface area contributed by atoms with Crippen molar-refractivity contribution in [1.29, 1.82) is 0 Å². The van der Waals surface area contributed by atoms with E-state index >= 15 is 0 Å². The second-order valence-corrected chi connectivity index (χ2v) is 7.37. The van der Waals surface area contributed by atoms with Gasteiger partial charge in [-0.15, -0.1) is 0 Å². The summed E-state index contributed by atoms with van der Waals surface area (Å²) in [5.74, 6) is 0.484. The lowest BCUT2D eigenvalue weighted by molar-refractivity contribution is -0.120. The zero-order valence-electron chi connectivity index (χ0n) is 17.0. The lowest BCUT2D eigenvalue weighted by Gasteiger charge is -2.27. The highest BCUT2D eigenvalue weighted by molar-refractivity contribution is 5.91. The number of carbonyl (C=O) groups is 1. The van der Waals surface area contributed by atoms with Crippen LogP contribution in [-0.2, 0) is 4.79 Å². The molecule has 1 saturated heterocycles. The maximum atomic E-state index is 14.6. The Hall–Kier alpha value is -3.43. The Bertz CT molecular complexity index is 1140. The average molecular weight is 430 g/mol. The summed E-state index contributed by atoms with van der Waals surface area (Å²) in [6.45, 7) is 4.72. The van der Waals surface area contributed by atoms with Gasteiger partial charge in [-0.3, -0.25) is 4.79 Å². The topological polar surface area (TPSA) is 83.0 Å². The van der Waals surface area contributed by atoms with Crippen LogP contribution in [0, 0.1) is 12.7 Å². The van der Waals surface area contributed by atoms with E-state index in [1.807, 2.05) is 4.90 Å². The van der Waals surface area contributed by atoms with Crippen LogP contribution in [0.3, 0.4) is 0 Å². The number of hydrogen-bond acceptors (Lipinski definition) is 6. The second-order valence-electron chi connectivity index (χ2n) is 7.37. The van der Waals surface area contributed by atoms with E-state index in [0.717, 1.165) is 6.07 Å². The molecular formula is C21H21F3N6O. The van der Waals surface area contributed by atoms with Gasteiger partial charge in [-0.25, -0.2) is 28.1 Å². The van der Waals surface area contributed by atoms with Gasteiger partial charge in [-0.05, 0) is 19.9 Å². The Morgan fingerprint density at radius 3 is 2.74 bits per heavy atom. The third-order valence-corrected chi connectivity index (χ3v) is 5.16. The third-order valence-electron chi connectivity index (χ3n) is 5.16. The molecule has 0 unspecified atom stereocenters. The molecule has 0 aliphatic carbocycles. The molecule has 0 bridgehead atoms. The van der Waals surface area contributed by atoms with Gasteiger partial charge in [0.15, 0.2) is 0 Å². The highest BCUT2D eigenvalue weighted by Crippen LogP contribution is 2.31. The zero-order chi connectivity index (χ0) is 22.1. The number of benzene rings is 1. The van der Waals surface area contributed by atoms with Crippen molar-refractivity contribution < 1.29 is 18.0 Å². The molecule has 1 aromatic carbocycles. The van der Waals surface area contributed by atoms with E-state index in [1.54, 1.807) is 26.1 Å². The first-order valence-electron chi connectivity index (χ1n) is 9.82. The average Bonchev–Trinajstić information content (AvgIpc) is 2.73. The highest BCUT2D eigenvalue weighted by atomic mass is 19.3. The van der Waals surface area contributed by atoms with E-state index in [2.05, 4.69) is 25.6 Å². The summed E-state index contributed by atoms with van der Waals surface area (Å²) >= 11 is 0. The molecule has 2 aromatic heterocycles. The van der Waals surface area contributed by atoms with Crippen LogP contribution < -0.4 is 15.5 Å². The van der Waals surface area contributed by atoms with E-state index in [0.29, 0.717) is 41.5 Å². The van der Waals surface area contributed by atoms with E-state index < -0.39 is 23.8 Å². The van der Waals surface area contributed by atoms with Gasteiger partial charge in [0.2, 0.25) is 5.91 Å². The van der Waals surface area contributed by atoms with Crippen molar-refractivity contribution in [2.45, 2.75) is 26.3 Å². The highest BCUT2D eigenvalue weighted by Gasteiger charge is 2.22. The molecule has 3 heterocycles. The van der Waals surface area contributed by atoms with Gasteiger partial charge in [0, 0.05) is 24.0 Å². The fourth-order valence-electron chi connectivity index (χ4n) is 3.61. The minimum absolute atomic E-state index is 0.0883. The number of nitrogens with one attached hydrogen (secondary N) is 2. The number of alkyl halides is 2. The SMILES string of the molecule is Cc1nc(N[C@H](C)c2cccc(C(F)F)c2F)c2cc(N3CCNC(=O)C3)ncc2n1. The van der Waals surface area contributed by atoms with Crippen LogP contribution in [0.25, 0.3) is 10.9 Å². The number of anilines is 2. The van der Waals surface area contributed by atoms with Gasteiger partial charge in [-0.1, -0.05) is 18.2 Å². The fourth-order valence-corrected chi connectivity index (χ4v) is 3.61. The van der Waals surface area contributed by atoms with Gasteiger partial charge in [0.1, 0.15) is 23.3 Å². The van der Waals surface area contributed by atoms with Gasteiger partial charge in [0.05, 0.1) is 29.9 Å². The van der Waals surface area contributed by atoms with Crippen LogP contribution in [0.2, 0.25) is 0 Å². The van der Waals surface area contributed by atoms with Crippen molar-refractivity contribution in [3.63, 3.8) is 0 Å². The summed E-state index contributed by atoms with van der Waals surface area (Å²) in [6.07, 6.45) is -1.30. The molecule has 4 rings (SSSR count). The maximum absolute atomic E-state index is 14.6.